The van der Waals surface area contributed by atoms with Crippen LogP contribution in [0.2, 0.25) is 0 Å². The van der Waals surface area contributed by atoms with Crippen LogP contribution in [-0.4, -0.2) is 66.4 Å². The number of carbonyl (C=O) groups is 1. The summed E-state index contributed by atoms with van der Waals surface area (Å²) < 4.78 is 11.6. The summed E-state index contributed by atoms with van der Waals surface area (Å²) in [7, 11) is 0. The molecule has 1 aliphatic carbocycles. The molecule has 26 heavy (non-hydrogen) atoms. The van der Waals surface area contributed by atoms with E-state index in [1.807, 2.05) is 35.2 Å². The quantitative estimate of drug-likeness (QED) is 0.890. The Bertz CT molecular complexity index is 604. The van der Waals surface area contributed by atoms with Gasteiger partial charge in [-0.15, -0.1) is 0 Å². The number of rotatable bonds is 4. The van der Waals surface area contributed by atoms with Crippen LogP contribution in [0.25, 0.3) is 0 Å². The number of nitrogens with two attached hydrogens (primary N) is 1. The van der Waals surface area contributed by atoms with Crippen molar-refractivity contribution in [1.82, 2.24) is 9.80 Å². The van der Waals surface area contributed by atoms with Crippen LogP contribution < -0.4 is 5.73 Å². The Hall–Kier alpha value is -1.63. The van der Waals surface area contributed by atoms with Crippen molar-refractivity contribution >= 4 is 6.09 Å². The van der Waals surface area contributed by atoms with Crippen LogP contribution in [0.15, 0.2) is 30.3 Å². The number of hydrogen-bond acceptors (Lipinski definition) is 5. The molecule has 142 valence electrons. The minimum absolute atomic E-state index is 0.0168. The summed E-state index contributed by atoms with van der Waals surface area (Å²) in [4.78, 5) is 16.5. The molecular weight excluding hydrogens is 330 g/mol. The number of benzene rings is 1. The molecule has 0 unspecified atom stereocenters. The Labute approximate surface area is 155 Å². The van der Waals surface area contributed by atoms with Gasteiger partial charge in [0.1, 0.15) is 6.61 Å². The molecule has 0 aromatic heterocycles. The fourth-order valence-electron chi connectivity index (χ4n) is 4.30. The van der Waals surface area contributed by atoms with E-state index < -0.39 is 0 Å². The molecule has 1 aromatic carbocycles. The van der Waals surface area contributed by atoms with Gasteiger partial charge < -0.3 is 20.1 Å². The van der Waals surface area contributed by atoms with Gasteiger partial charge in [-0.05, 0) is 31.2 Å². The molecule has 1 amide bonds. The van der Waals surface area contributed by atoms with E-state index in [1.54, 1.807) is 0 Å². The zero-order chi connectivity index (χ0) is 18.0. The second-order valence-corrected chi connectivity index (χ2v) is 8.14. The van der Waals surface area contributed by atoms with Crippen LogP contribution in [0.5, 0.6) is 0 Å². The van der Waals surface area contributed by atoms with Crippen LogP contribution in [-0.2, 0) is 16.1 Å². The van der Waals surface area contributed by atoms with Gasteiger partial charge in [-0.3, -0.25) is 4.90 Å². The van der Waals surface area contributed by atoms with E-state index in [9.17, 15) is 4.79 Å². The molecule has 3 heterocycles. The number of piperazine rings is 1. The zero-order valence-electron chi connectivity index (χ0n) is 15.4. The third-order valence-corrected chi connectivity index (χ3v) is 6.17. The summed E-state index contributed by atoms with van der Waals surface area (Å²) in [5, 5.41) is 0. The van der Waals surface area contributed by atoms with Gasteiger partial charge >= 0.3 is 6.09 Å². The number of carbonyl (C=O) groups excluding carboxylic acids is 1. The van der Waals surface area contributed by atoms with Crippen LogP contribution in [0, 0.1) is 0 Å². The molecule has 1 saturated carbocycles. The first-order valence-corrected chi connectivity index (χ1v) is 9.67. The highest BCUT2D eigenvalue weighted by molar-refractivity contribution is 5.67. The van der Waals surface area contributed by atoms with E-state index >= 15 is 0 Å². The first-order chi connectivity index (χ1) is 12.6. The molecule has 2 bridgehead atoms. The Morgan fingerprint density at radius 1 is 1.08 bits per heavy atom. The van der Waals surface area contributed by atoms with Crippen molar-refractivity contribution in [2.24, 2.45) is 5.73 Å². The van der Waals surface area contributed by atoms with Crippen LogP contribution >= 0.6 is 0 Å². The maximum atomic E-state index is 12.3. The van der Waals surface area contributed by atoms with E-state index in [-0.39, 0.29) is 17.2 Å². The van der Waals surface area contributed by atoms with Crippen molar-refractivity contribution in [3.05, 3.63) is 35.9 Å². The predicted molar refractivity (Wildman–Crippen MR) is 98.7 cm³/mol. The first kappa shape index (κ1) is 17.8. The summed E-state index contributed by atoms with van der Waals surface area (Å²) in [5.74, 6) is 0. The molecule has 3 aliphatic heterocycles. The molecule has 0 spiro atoms. The fourth-order valence-corrected chi connectivity index (χ4v) is 4.30. The number of nitrogens with zero attached hydrogens (tertiary/aromatic N) is 2. The van der Waals surface area contributed by atoms with Crippen LogP contribution in [0.1, 0.15) is 31.2 Å². The SMILES string of the molecule is NC12CCC(CN3CCN(C(=O)OCc4ccccc4)CC3)(CC1)OC2. The molecule has 5 rings (SSSR count). The van der Waals surface area contributed by atoms with Gasteiger partial charge in [0, 0.05) is 38.3 Å². The van der Waals surface area contributed by atoms with Crippen molar-refractivity contribution in [1.29, 1.82) is 0 Å². The molecule has 4 aliphatic rings. The van der Waals surface area contributed by atoms with E-state index in [1.165, 1.54) is 0 Å². The molecule has 3 saturated heterocycles. The Morgan fingerprint density at radius 3 is 2.38 bits per heavy atom. The standard InChI is InChI=1S/C20H29N3O3/c21-19-6-8-20(9-7-19,26-16-19)15-22-10-12-23(13-11-22)18(24)25-14-17-4-2-1-3-5-17/h1-5H,6-16,21H2. The lowest BCUT2D eigenvalue weighted by molar-refractivity contribution is -0.164. The van der Waals surface area contributed by atoms with Crippen LogP contribution in [0.4, 0.5) is 4.79 Å². The third kappa shape index (κ3) is 3.87. The van der Waals surface area contributed by atoms with Crippen LogP contribution in [0.3, 0.4) is 0 Å². The number of amides is 1. The second kappa shape index (κ2) is 7.18. The number of hydrogen-bond donors (Lipinski definition) is 1. The minimum atomic E-state index is -0.217. The van der Waals surface area contributed by atoms with Gasteiger partial charge in [-0.1, -0.05) is 30.3 Å². The summed E-state index contributed by atoms with van der Waals surface area (Å²) >= 11 is 0. The van der Waals surface area contributed by atoms with Crippen molar-refractivity contribution in [2.45, 2.75) is 43.4 Å². The van der Waals surface area contributed by atoms with E-state index in [0.717, 1.165) is 50.9 Å². The average molecular weight is 359 g/mol. The summed E-state index contributed by atoms with van der Waals surface area (Å²) in [6.07, 6.45) is 4.04. The topological polar surface area (TPSA) is 68.0 Å². The third-order valence-electron chi connectivity index (χ3n) is 6.17. The Morgan fingerprint density at radius 2 is 1.77 bits per heavy atom. The number of fused-ring (bicyclic) bond motifs is 3. The van der Waals surface area contributed by atoms with Gasteiger partial charge in [0.2, 0.25) is 0 Å². The van der Waals surface area contributed by atoms with Gasteiger partial charge in [-0.25, -0.2) is 4.79 Å². The Balaban J connectivity index is 1.22. The van der Waals surface area contributed by atoms with Crippen molar-refractivity contribution < 1.29 is 14.3 Å². The van der Waals surface area contributed by atoms with Gasteiger partial charge in [0.15, 0.2) is 0 Å². The van der Waals surface area contributed by atoms with E-state index in [0.29, 0.717) is 26.3 Å². The Kier molecular flexibility index (Phi) is 4.90. The fraction of sp³-hybridized carbons (Fsp3) is 0.650. The highest BCUT2D eigenvalue weighted by Gasteiger charge is 2.48. The van der Waals surface area contributed by atoms with E-state index in [2.05, 4.69) is 4.90 Å². The molecule has 6 nitrogen and oxygen atoms in total. The lowest BCUT2D eigenvalue weighted by Gasteiger charge is -2.53. The van der Waals surface area contributed by atoms with Crippen molar-refractivity contribution in [3.63, 3.8) is 0 Å². The normalized spacial score (nSPS) is 31.8. The number of ether oxygens (including phenoxy) is 2. The van der Waals surface area contributed by atoms with Crippen molar-refractivity contribution in [2.75, 3.05) is 39.3 Å². The van der Waals surface area contributed by atoms with Crippen molar-refractivity contribution in [3.8, 4) is 0 Å². The summed E-state index contributed by atoms with van der Waals surface area (Å²) in [5.41, 5.74) is 7.23. The maximum absolute atomic E-state index is 12.3. The molecule has 0 radical (unpaired) electrons. The summed E-state index contributed by atoms with van der Waals surface area (Å²) in [6.45, 7) is 5.15. The summed E-state index contributed by atoms with van der Waals surface area (Å²) in [6, 6.07) is 9.80. The highest BCUT2D eigenvalue weighted by Crippen LogP contribution is 2.42. The largest absolute Gasteiger partial charge is 0.445 e. The highest BCUT2D eigenvalue weighted by atomic mass is 16.6. The molecule has 1 aromatic rings. The smallest absolute Gasteiger partial charge is 0.410 e. The van der Waals surface area contributed by atoms with Gasteiger partial charge in [0.25, 0.3) is 0 Å². The molecular formula is C20H29N3O3. The molecule has 2 N–H and O–H groups in total. The zero-order valence-corrected chi connectivity index (χ0v) is 15.4. The molecule has 4 fully saturated rings. The van der Waals surface area contributed by atoms with Gasteiger partial charge in [0.05, 0.1) is 12.2 Å². The minimum Gasteiger partial charge on any atom is -0.445 e. The molecule has 6 heteroatoms. The van der Waals surface area contributed by atoms with Gasteiger partial charge in [-0.2, -0.15) is 0 Å². The monoisotopic (exact) mass is 359 g/mol. The predicted octanol–water partition coefficient (Wildman–Crippen LogP) is 1.98. The first-order valence-electron chi connectivity index (χ1n) is 9.67. The van der Waals surface area contributed by atoms with E-state index in [4.69, 9.17) is 15.2 Å². The maximum Gasteiger partial charge on any atom is 0.410 e. The molecule has 0 atom stereocenters. The lowest BCUT2D eigenvalue weighted by atomic mass is 9.71. The lowest BCUT2D eigenvalue weighted by Crippen LogP contribution is -2.63. The average Bonchev–Trinajstić information content (AvgIpc) is 2.69. The second-order valence-electron chi connectivity index (χ2n) is 8.14.